The second-order valence-electron chi connectivity index (χ2n) is 4.29. The molecule has 2 rings (SSSR count). The molecule has 0 saturated heterocycles. The molecule has 1 aromatic heterocycles. The zero-order valence-corrected chi connectivity index (χ0v) is 10.4. The molecule has 0 radical (unpaired) electrons. The largest absolute Gasteiger partial charge is 0.416 e. The van der Waals surface area contributed by atoms with E-state index in [9.17, 15) is 13.2 Å². The Morgan fingerprint density at radius 2 is 2.05 bits per heavy atom. The van der Waals surface area contributed by atoms with Gasteiger partial charge in [-0.1, -0.05) is 12.1 Å². The van der Waals surface area contributed by atoms with Gasteiger partial charge in [-0.25, -0.2) is 4.98 Å². The van der Waals surface area contributed by atoms with Crippen molar-refractivity contribution in [3.8, 4) is 0 Å². The van der Waals surface area contributed by atoms with Crippen molar-refractivity contribution in [2.75, 3.05) is 0 Å². The zero-order chi connectivity index (χ0) is 14.0. The molecule has 0 spiro atoms. The van der Waals surface area contributed by atoms with Crippen molar-refractivity contribution in [1.29, 1.82) is 0 Å². The number of aromatic nitrogens is 2. The van der Waals surface area contributed by atoms with Crippen molar-refractivity contribution < 1.29 is 13.2 Å². The molecule has 102 valence electrons. The van der Waals surface area contributed by atoms with Gasteiger partial charge >= 0.3 is 6.18 Å². The van der Waals surface area contributed by atoms with Crippen LogP contribution in [0.2, 0.25) is 0 Å². The van der Waals surface area contributed by atoms with Crippen LogP contribution in [0.3, 0.4) is 0 Å². The van der Waals surface area contributed by atoms with Gasteiger partial charge in [0.05, 0.1) is 11.3 Å². The van der Waals surface area contributed by atoms with Gasteiger partial charge in [0.2, 0.25) is 0 Å². The Labute approximate surface area is 108 Å². The summed E-state index contributed by atoms with van der Waals surface area (Å²) in [6.45, 7) is 2.44. The number of aryl methyl sites for hydroxylation is 1. The first-order chi connectivity index (χ1) is 8.91. The quantitative estimate of drug-likeness (QED) is 0.931. The van der Waals surface area contributed by atoms with Crippen LogP contribution >= 0.6 is 0 Å². The van der Waals surface area contributed by atoms with Crippen LogP contribution in [0.25, 0.3) is 0 Å². The highest BCUT2D eigenvalue weighted by Crippen LogP contribution is 2.29. The van der Waals surface area contributed by atoms with Crippen LogP contribution in [0.1, 0.15) is 22.6 Å². The molecule has 1 heterocycles. The SMILES string of the molecule is Cc1ncc(CN)n1Cc1cccc(C(F)(F)F)c1. The van der Waals surface area contributed by atoms with Gasteiger partial charge in [-0.2, -0.15) is 13.2 Å². The van der Waals surface area contributed by atoms with E-state index < -0.39 is 11.7 Å². The summed E-state index contributed by atoms with van der Waals surface area (Å²) in [6.07, 6.45) is -2.68. The number of imidazole rings is 1. The maximum Gasteiger partial charge on any atom is 0.416 e. The number of benzene rings is 1. The average molecular weight is 269 g/mol. The maximum absolute atomic E-state index is 12.6. The third-order valence-electron chi connectivity index (χ3n) is 2.94. The Kier molecular flexibility index (Phi) is 3.61. The first-order valence-corrected chi connectivity index (χ1v) is 5.79. The molecule has 6 heteroatoms. The number of hydrogen-bond acceptors (Lipinski definition) is 2. The lowest BCUT2D eigenvalue weighted by atomic mass is 10.1. The minimum absolute atomic E-state index is 0.305. The monoisotopic (exact) mass is 269 g/mol. The molecule has 0 saturated carbocycles. The van der Waals surface area contributed by atoms with Gasteiger partial charge < -0.3 is 10.3 Å². The molecule has 19 heavy (non-hydrogen) atoms. The van der Waals surface area contributed by atoms with E-state index in [0.717, 1.165) is 23.7 Å². The third-order valence-corrected chi connectivity index (χ3v) is 2.94. The van der Waals surface area contributed by atoms with Crippen LogP contribution in [0.5, 0.6) is 0 Å². The Hall–Kier alpha value is -1.82. The number of alkyl halides is 3. The van der Waals surface area contributed by atoms with Crippen molar-refractivity contribution in [3.63, 3.8) is 0 Å². The zero-order valence-electron chi connectivity index (χ0n) is 10.4. The molecular weight excluding hydrogens is 255 g/mol. The molecule has 2 N–H and O–H groups in total. The molecule has 2 aromatic rings. The standard InChI is InChI=1S/C13H14F3N3/c1-9-18-7-12(6-17)19(9)8-10-3-2-4-11(5-10)13(14,15)16/h2-5,7H,6,8,17H2,1H3. The molecule has 0 atom stereocenters. The van der Waals surface area contributed by atoms with Gasteiger partial charge in [0.15, 0.2) is 0 Å². The molecule has 3 nitrogen and oxygen atoms in total. The Balaban J connectivity index is 2.31. The van der Waals surface area contributed by atoms with Crippen molar-refractivity contribution in [2.24, 2.45) is 5.73 Å². The fourth-order valence-corrected chi connectivity index (χ4v) is 1.92. The van der Waals surface area contributed by atoms with E-state index in [4.69, 9.17) is 5.73 Å². The fraction of sp³-hybridized carbons (Fsp3) is 0.308. The Bertz CT molecular complexity index is 573. The van der Waals surface area contributed by atoms with E-state index in [1.54, 1.807) is 19.2 Å². The van der Waals surface area contributed by atoms with Gasteiger partial charge in [0.25, 0.3) is 0 Å². The first-order valence-electron chi connectivity index (χ1n) is 5.79. The maximum atomic E-state index is 12.6. The first kappa shape index (κ1) is 13.6. The van der Waals surface area contributed by atoms with Crippen molar-refractivity contribution in [1.82, 2.24) is 9.55 Å². The summed E-state index contributed by atoms with van der Waals surface area (Å²) < 4.78 is 39.7. The second-order valence-corrected chi connectivity index (χ2v) is 4.29. The van der Waals surface area contributed by atoms with Gasteiger partial charge in [0, 0.05) is 19.3 Å². The summed E-state index contributed by atoms with van der Waals surface area (Å²) in [4.78, 5) is 4.12. The van der Waals surface area contributed by atoms with Crippen LogP contribution in [0.4, 0.5) is 13.2 Å². The molecule has 0 aliphatic rings. The van der Waals surface area contributed by atoms with E-state index >= 15 is 0 Å². The summed E-state index contributed by atoms with van der Waals surface area (Å²) in [6, 6.07) is 5.29. The number of nitrogens with two attached hydrogens (primary N) is 1. The molecular formula is C13H14F3N3. The highest BCUT2D eigenvalue weighted by atomic mass is 19.4. The molecule has 0 fully saturated rings. The number of nitrogens with zero attached hydrogens (tertiary/aromatic N) is 2. The normalized spacial score (nSPS) is 11.8. The van der Waals surface area contributed by atoms with E-state index in [1.807, 2.05) is 4.57 Å². The molecule has 0 aliphatic heterocycles. The highest BCUT2D eigenvalue weighted by molar-refractivity contribution is 5.26. The third kappa shape index (κ3) is 2.96. The predicted molar refractivity (Wildman–Crippen MR) is 65.4 cm³/mol. The van der Waals surface area contributed by atoms with Gasteiger partial charge in [-0.15, -0.1) is 0 Å². The number of halogens is 3. The lowest BCUT2D eigenvalue weighted by Crippen LogP contribution is -2.11. The lowest BCUT2D eigenvalue weighted by Gasteiger charge is -2.12. The average Bonchev–Trinajstić information content (AvgIpc) is 2.70. The van der Waals surface area contributed by atoms with Crippen LogP contribution in [-0.4, -0.2) is 9.55 Å². The van der Waals surface area contributed by atoms with Gasteiger partial charge in [-0.05, 0) is 24.6 Å². The Morgan fingerprint density at radius 3 is 2.68 bits per heavy atom. The van der Waals surface area contributed by atoms with Crippen LogP contribution in [-0.2, 0) is 19.3 Å². The predicted octanol–water partition coefficient (Wildman–Crippen LogP) is 2.72. The highest BCUT2D eigenvalue weighted by Gasteiger charge is 2.30. The second kappa shape index (κ2) is 5.05. The molecule has 1 aromatic carbocycles. The minimum atomic E-state index is -4.32. The smallest absolute Gasteiger partial charge is 0.327 e. The van der Waals surface area contributed by atoms with E-state index in [0.29, 0.717) is 18.7 Å². The van der Waals surface area contributed by atoms with Crippen LogP contribution in [0, 0.1) is 6.92 Å². The van der Waals surface area contributed by atoms with E-state index in [-0.39, 0.29) is 0 Å². The van der Waals surface area contributed by atoms with E-state index in [2.05, 4.69) is 4.98 Å². The van der Waals surface area contributed by atoms with Crippen LogP contribution < -0.4 is 5.73 Å². The van der Waals surface area contributed by atoms with Gasteiger partial charge in [0.1, 0.15) is 5.82 Å². The topological polar surface area (TPSA) is 43.8 Å². The summed E-state index contributed by atoms with van der Waals surface area (Å²) in [5.41, 5.74) is 6.31. The van der Waals surface area contributed by atoms with E-state index in [1.165, 1.54) is 6.07 Å². The van der Waals surface area contributed by atoms with Crippen LogP contribution in [0.15, 0.2) is 30.5 Å². The summed E-state index contributed by atoms with van der Waals surface area (Å²) in [7, 11) is 0. The fourth-order valence-electron chi connectivity index (χ4n) is 1.92. The van der Waals surface area contributed by atoms with Crippen molar-refractivity contribution in [2.45, 2.75) is 26.2 Å². The summed E-state index contributed by atoms with van der Waals surface area (Å²) in [5, 5.41) is 0. The minimum Gasteiger partial charge on any atom is -0.327 e. The Morgan fingerprint density at radius 1 is 1.32 bits per heavy atom. The molecule has 0 amide bonds. The van der Waals surface area contributed by atoms with Crippen molar-refractivity contribution in [3.05, 3.63) is 53.1 Å². The summed E-state index contributed by atoms with van der Waals surface area (Å²) in [5.74, 6) is 0.734. The lowest BCUT2D eigenvalue weighted by molar-refractivity contribution is -0.137. The molecule has 0 unspecified atom stereocenters. The van der Waals surface area contributed by atoms with Gasteiger partial charge in [-0.3, -0.25) is 0 Å². The molecule has 0 aliphatic carbocycles. The molecule has 0 bridgehead atoms. The summed E-state index contributed by atoms with van der Waals surface area (Å²) >= 11 is 0. The number of rotatable bonds is 3. The number of hydrogen-bond donors (Lipinski definition) is 1. The van der Waals surface area contributed by atoms with Crippen molar-refractivity contribution >= 4 is 0 Å².